The predicted octanol–water partition coefficient (Wildman–Crippen LogP) is 2.73. The summed E-state index contributed by atoms with van der Waals surface area (Å²) in [6.45, 7) is 1.92. The van der Waals surface area contributed by atoms with Crippen molar-refractivity contribution < 1.29 is 4.79 Å². The molecule has 5 heteroatoms. The Morgan fingerprint density at radius 1 is 1.22 bits per heavy atom. The average molecular weight is 306 g/mol. The van der Waals surface area contributed by atoms with E-state index in [-0.39, 0.29) is 17.8 Å². The summed E-state index contributed by atoms with van der Waals surface area (Å²) in [5.41, 5.74) is 1.02. The molecule has 1 heterocycles. The van der Waals surface area contributed by atoms with Crippen molar-refractivity contribution in [1.82, 2.24) is 15.3 Å². The predicted molar refractivity (Wildman–Crippen MR) is 72.1 cm³/mol. The first-order valence-electron chi connectivity index (χ1n) is 5.51. The number of halogens is 1. The molecule has 0 fully saturated rings. The number of nitrogens with zero attached hydrogens (tertiary/aromatic N) is 2. The fourth-order valence-electron chi connectivity index (χ4n) is 1.58. The third-order valence-electron chi connectivity index (χ3n) is 2.49. The Bertz CT molecular complexity index is 545. The quantitative estimate of drug-likeness (QED) is 0.948. The highest BCUT2D eigenvalue weighted by Gasteiger charge is 2.14. The lowest BCUT2D eigenvalue weighted by Gasteiger charge is -2.15. The fraction of sp³-hybridized carbons (Fsp3) is 0.154. The molecular formula is C13H12BrN3O. The van der Waals surface area contributed by atoms with Crippen LogP contribution in [-0.2, 0) is 0 Å². The van der Waals surface area contributed by atoms with Gasteiger partial charge in [-0.25, -0.2) is 9.97 Å². The Labute approximate surface area is 114 Å². The number of carbonyl (C=O) groups excluding carboxylic acids is 1. The fourth-order valence-corrected chi connectivity index (χ4v) is 2.21. The molecule has 2 aromatic rings. The number of hydrogen-bond donors (Lipinski definition) is 1. The smallest absolute Gasteiger partial charge is 0.289 e. The van der Waals surface area contributed by atoms with Gasteiger partial charge in [-0.05, 0) is 24.6 Å². The van der Waals surface area contributed by atoms with Crippen LogP contribution < -0.4 is 5.32 Å². The van der Waals surface area contributed by atoms with Crippen molar-refractivity contribution in [1.29, 1.82) is 0 Å². The monoisotopic (exact) mass is 305 g/mol. The Morgan fingerprint density at radius 2 is 1.89 bits per heavy atom. The minimum atomic E-state index is -0.279. The molecule has 0 saturated carbocycles. The molecule has 0 spiro atoms. The van der Waals surface area contributed by atoms with Gasteiger partial charge in [0.2, 0.25) is 5.82 Å². The van der Waals surface area contributed by atoms with E-state index in [4.69, 9.17) is 0 Å². The van der Waals surface area contributed by atoms with Gasteiger partial charge in [0.1, 0.15) is 0 Å². The maximum absolute atomic E-state index is 11.9. The molecule has 1 amide bonds. The summed E-state index contributed by atoms with van der Waals surface area (Å²) in [5, 5.41) is 2.86. The third-order valence-corrected chi connectivity index (χ3v) is 3.21. The molecule has 4 nitrogen and oxygen atoms in total. The van der Waals surface area contributed by atoms with E-state index in [1.54, 1.807) is 18.5 Å². The second kappa shape index (κ2) is 5.73. The Kier molecular flexibility index (Phi) is 4.04. The SMILES string of the molecule is CC(NC(=O)c1ncccn1)c1ccccc1Br. The largest absolute Gasteiger partial charge is 0.343 e. The first kappa shape index (κ1) is 12.7. The van der Waals surface area contributed by atoms with E-state index in [0.29, 0.717) is 0 Å². The normalized spacial score (nSPS) is 11.9. The van der Waals surface area contributed by atoms with Gasteiger partial charge in [0, 0.05) is 16.9 Å². The van der Waals surface area contributed by atoms with Crippen LogP contribution in [0.5, 0.6) is 0 Å². The Hall–Kier alpha value is -1.75. The number of benzene rings is 1. The molecule has 0 bridgehead atoms. The molecule has 1 aromatic heterocycles. The Morgan fingerprint density at radius 3 is 2.56 bits per heavy atom. The van der Waals surface area contributed by atoms with Crippen LogP contribution in [0.15, 0.2) is 47.2 Å². The third kappa shape index (κ3) is 2.92. The highest BCUT2D eigenvalue weighted by molar-refractivity contribution is 9.10. The standard InChI is InChI=1S/C13H12BrN3O/c1-9(10-5-2-3-6-11(10)14)17-13(18)12-15-7-4-8-16-12/h2-9H,1H3,(H,17,18). The molecule has 0 aliphatic rings. The lowest BCUT2D eigenvalue weighted by atomic mass is 10.1. The lowest BCUT2D eigenvalue weighted by molar-refractivity contribution is 0.0929. The maximum atomic E-state index is 11.9. The number of nitrogens with one attached hydrogen (secondary N) is 1. The van der Waals surface area contributed by atoms with Crippen molar-refractivity contribution in [3.8, 4) is 0 Å². The number of hydrogen-bond acceptors (Lipinski definition) is 3. The molecule has 1 aromatic carbocycles. The van der Waals surface area contributed by atoms with Gasteiger partial charge >= 0.3 is 0 Å². The summed E-state index contributed by atoms with van der Waals surface area (Å²) >= 11 is 3.46. The summed E-state index contributed by atoms with van der Waals surface area (Å²) < 4.78 is 0.965. The lowest BCUT2D eigenvalue weighted by Crippen LogP contribution is -2.28. The zero-order chi connectivity index (χ0) is 13.0. The molecule has 0 saturated heterocycles. The van der Waals surface area contributed by atoms with Gasteiger partial charge in [-0.2, -0.15) is 0 Å². The highest BCUT2D eigenvalue weighted by atomic mass is 79.9. The average Bonchev–Trinajstić information content (AvgIpc) is 2.40. The minimum absolute atomic E-state index is 0.114. The minimum Gasteiger partial charge on any atom is -0.343 e. The molecule has 0 aliphatic carbocycles. The van der Waals surface area contributed by atoms with Crippen LogP contribution in [0.1, 0.15) is 29.1 Å². The van der Waals surface area contributed by atoms with E-state index in [0.717, 1.165) is 10.0 Å². The van der Waals surface area contributed by atoms with E-state index < -0.39 is 0 Å². The molecule has 1 N–H and O–H groups in total. The first-order chi connectivity index (χ1) is 8.68. The summed E-state index contributed by atoms with van der Waals surface area (Å²) in [7, 11) is 0. The summed E-state index contributed by atoms with van der Waals surface area (Å²) in [6.07, 6.45) is 3.09. The molecule has 1 atom stereocenters. The number of aromatic nitrogens is 2. The van der Waals surface area contributed by atoms with Crippen LogP contribution in [0.25, 0.3) is 0 Å². The van der Waals surface area contributed by atoms with Crippen molar-refractivity contribution in [3.63, 3.8) is 0 Å². The van der Waals surface area contributed by atoms with E-state index in [1.165, 1.54) is 0 Å². The van der Waals surface area contributed by atoms with E-state index in [1.807, 2.05) is 31.2 Å². The highest BCUT2D eigenvalue weighted by Crippen LogP contribution is 2.22. The molecule has 18 heavy (non-hydrogen) atoms. The van der Waals surface area contributed by atoms with Gasteiger partial charge in [-0.15, -0.1) is 0 Å². The van der Waals surface area contributed by atoms with Crippen LogP contribution in [0.2, 0.25) is 0 Å². The van der Waals surface area contributed by atoms with Gasteiger partial charge in [-0.1, -0.05) is 34.1 Å². The Balaban J connectivity index is 2.11. The molecule has 0 aliphatic heterocycles. The van der Waals surface area contributed by atoms with Crippen LogP contribution in [0.4, 0.5) is 0 Å². The second-order valence-corrected chi connectivity index (χ2v) is 4.64. The van der Waals surface area contributed by atoms with E-state index in [2.05, 4.69) is 31.2 Å². The maximum Gasteiger partial charge on any atom is 0.289 e. The molecule has 2 rings (SSSR count). The van der Waals surface area contributed by atoms with E-state index in [9.17, 15) is 4.79 Å². The van der Waals surface area contributed by atoms with Crippen LogP contribution in [-0.4, -0.2) is 15.9 Å². The van der Waals surface area contributed by atoms with Crippen LogP contribution in [0, 0.1) is 0 Å². The zero-order valence-electron chi connectivity index (χ0n) is 9.80. The number of rotatable bonds is 3. The summed E-state index contributed by atoms with van der Waals surface area (Å²) in [6, 6.07) is 9.33. The number of carbonyl (C=O) groups is 1. The van der Waals surface area contributed by atoms with Gasteiger partial charge in [-0.3, -0.25) is 4.79 Å². The zero-order valence-corrected chi connectivity index (χ0v) is 11.4. The first-order valence-corrected chi connectivity index (χ1v) is 6.30. The topological polar surface area (TPSA) is 54.9 Å². The van der Waals surface area contributed by atoms with Gasteiger partial charge < -0.3 is 5.32 Å². The van der Waals surface area contributed by atoms with Crippen molar-refractivity contribution in [2.45, 2.75) is 13.0 Å². The number of amides is 1. The van der Waals surface area contributed by atoms with Gasteiger partial charge in [0.25, 0.3) is 5.91 Å². The molecule has 92 valence electrons. The van der Waals surface area contributed by atoms with Crippen molar-refractivity contribution in [3.05, 3.63) is 58.6 Å². The second-order valence-electron chi connectivity index (χ2n) is 3.79. The van der Waals surface area contributed by atoms with E-state index >= 15 is 0 Å². The summed E-state index contributed by atoms with van der Waals surface area (Å²) in [4.78, 5) is 19.7. The summed E-state index contributed by atoms with van der Waals surface area (Å²) in [5.74, 6) is -0.102. The van der Waals surface area contributed by atoms with Crippen molar-refractivity contribution >= 4 is 21.8 Å². The molecule has 1 unspecified atom stereocenters. The van der Waals surface area contributed by atoms with Gasteiger partial charge in [0.05, 0.1) is 6.04 Å². The van der Waals surface area contributed by atoms with Gasteiger partial charge in [0.15, 0.2) is 0 Å². The van der Waals surface area contributed by atoms with Crippen LogP contribution in [0.3, 0.4) is 0 Å². The van der Waals surface area contributed by atoms with Crippen LogP contribution >= 0.6 is 15.9 Å². The molecular weight excluding hydrogens is 294 g/mol. The van der Waals surface area contributed by atoms with Crippen molar-refractivity contribution in [2.75, 3.05) is 0 Å². The molecule has 0 radical (unpaired) electrons. The van der Waals surface area contributed by atoms with Crippen molar-refractivity contribution in [2.24, 2.45) is 0 Å².